The molecule has 3 rings (SSSR count). The second-order valence-electron chi connectivity index (χ2n) is 7.12. The second-order valence-corrected chi connectivity index (χ2v) is 7.12. The number of fused-ring (bicyclic) bond motifs is 1. The van der Waals surface area contributed by atoms with Gasteiger partial charge in [0.1, 0.15) is 5.75 Å². The first-order valence-corrected chi connectivity index (χ1v) is 8.22. The molecule has 0 saturated heterocycles. The molecule has 2 aromatic rings. The van der Waals surface area contributed by atoms with Crippen LogP contribution in [0.2, 0.25) is 0 Å². The third-order valence-corrected chi connectivity index (χ3v) is 4.10. The highest BCUT2D eigenvalue weighted by Crippen LogP contribution is 2.28. The molecule has 2 aromatic carbocycles. The molecule has 0 fully saturated rings. The topological polar surface area (TPSA) is 55.4 Å². The highest BCUT2D eigenvalue weighted by atomic mass is 16.5. The van der Waals surface area contributed by atoms with Crippen LogP contribution in [0.25, 0.3) is 6.08 Å². The van der Waals surface area contributed by atoms with Crippen LogP contribution in [0, 0.1) is 0 Å². The van der Waals surface area contributed by atoms with Gasteiger partial charge in [-0.05, 0) is 40.8 Å². The first kappa shape index (κ1) is 17.0. The molecule has 1 aliphatic rings. The van der Waals surface area contributed by atoms with Gasteiger partial charge in [-0.3, -0.25) is 9.59 Å². The van der Waals surface area contributed by atoms with E-state index in [1.807, 2.05) is 12.1 Å². The lowest BCUT2D eigenvalue weighted by molar-refractivity contribution is -0.118. The van der Waals surface area contributed by atoms with Crippen LogP contribution in [0.3, 0.4) is 0 Å². The van der Waals surface area contributed by atoms with Crippen LogP contribution in [0.1, 0.15) is 42.3 Å². The molecular formula is C21H21NO3. The first-order valence-electron chi connectivity index (χ1n) is 8.22. The Kier molecular flexibility index (Phi) is 4.45. The van der Waals surface area contributed by atoms with Crippen molar-refractivity contribution in [3.8, 4) is 5.75 Å². The third kappa shape index (κ3) is 3.97. The van der Waals surface area contributed by atoms with Gasteiger partial charge >= 0.3 is 0 Å². The van der Waals surface area contributed by atoms with Crippen molar-refractivity contribution in [3.05, 3.63) is 65.2 Å². The molecule has 1 N–H and O–H groups in total. The lowest BCUT2D eigenvalue weighted by Crippen LogP contribution is -2.25. The number of carbonyl (C=O) groups excluding carboxylic acids is 2. The minimum absolute atomic E-state index is 0.00472. The minimum Gasteiger partial charge on any atom is -0.482 e. The standard InChI is InChI=1S/C21H21NO3/c1-21(2,3)16-8-4-14(5-9-16)6-10-18(23)15-7-11-19-17(12-15)22-20(24)13-25-19/h4-12H,13H2,1-3H3,(H,22,24). The van der Waals surface area contributed by atoms with E-state index in [9.17, 15) is 9.59 Å². The summed E-state index contributed by atoms with van der Waals surface area (Å²) < 4.78 is 5.30. The summed E-state index contributed by atoms with van der Waals surface area (Å²) >= 11 is 0. The summed E-state index contributed by atoms with van der Waals surface area (Å²) in [4.78, 5) is 23.8. The van der Waals surface area contributed by atoms with Gasteiger partial charge in [-0.15, -0.1) is 0 Å². The molecule has 25 heavy (non-hydrogen) atoms. The second kappa shape index (κ2) is 6.55. The average molecular weight is 335 g/mol. The van der Waals surface area contributed by atoms with Crippen molar-refractivity contribution in [1.82, 2.24) is 0 Å². The summed E-state index contributed by atoms with van der Waals surface area (Å²) in [7, 11) is 0. The molecule has 1 amide bonds. The van der Waals surface area contributed by atoms with E-state index in [0.29, 0.717) is 17.0 Å². The van der Waals surface area contributed by atoms with Gasteiger partial charge in [-0.25, -0.2) is 0 Å². The molecule has 0 spiro atoms. The molecule has 4 heteroatoms. The number of nitrogens with one attached hydrogen (secondary N) is 1. The van der Waals surface area contributed by atoms with Crippen molar-refractivity contribution in [2.45, 2.75) is 26.2 Å². The molecule has 4 nitrogen and oxygen atoms in total. The number of hydrogen-bond acceptors (Lipinski definition) is 3. The van der Waals surface area contributed by atoms with Crippen LogP contribution in [-0.2, 0) is 10.2 Å². The maximum Gasteiger partial charge on any atom is 0.262 e. The van der Waals surface area contributed by atoms with E-state index < -0.39 is 0 Å². The average Bonchev–Trinajstić information content (AvgIpc) is 2.58. The van der Waals surface area contributed by atoms with Gasteiger partial charge in [0.25, 0.3) is 5.91 Å². The Morgan fingerprint density at radius 3 is 2.52 bits per heavy atom. The Hall–Kier alpha value is -2.88. The number of rotatable bonds is 3. The quantitative estimate of drug-likeness (QED) is 0.675. The summed E-state index contributed by atoms with van der Waals surface area (Å²) in [6.07, 6.45) is 3.34. The van der Waals surface area contributed by atoms with Gasteiger partial charge in [0, 0.05) is 5.56 Å². The lowest BCUT2D eigenvalue weighted by Gasteiger charge is -2.18. The molecule has 0 unspecified atom stereocenters. The molecule has 1 aliphatic heterocycles. The Labute approximate surface area is 147 Å². The van der Waals surface area contributed by atoms with Crippen LogP contribution in [0.15, 0.2) is 48.5 Å². The SMILES string of the molecule is CC(C)(C)c1ccc(C=CC(=O)c2ccc3c(c2)NC(=O)CO3)cc1. The Morgan fingerprint density at radius 1 is 1.12 bits per heavy atom. The van der Waals surface area contributed by atoms with E-state index >= 15 is 0 Å². The summed E-state index contributed by atoms with van der Waals surface area (Å²) in [5, 5.41) is 2.71. The molecule has 0 radical (unpaired) electrons. The largest absolute Gasteiger partial charge is 0.482 e. The summed E-state index contributed by atoms with van der Waals surface area (Å²) in [6, 6.07) is 13.2. The molecule has 0 aliphatic carbocycles. The van der Waals surface area contributed by atoms with Gasteiger partial charge in [0.05, 0.1) is 5.69 Å². The van der Waals surface area contributed by atoms with Gasteiger partial charge in [-0.1, -0.05) is 51.1 Å². The van der Waals surface area contributed by atoms with Crippen molar-refractivity contribution in [1.29, 1.82) is 0 Å². The molecule has 0 saturated carbocycles. The number of ketones is 1. The lowest BCUT2D eigenvalue weighted by atomic mass is 9.87. The fraction of sp³-hybridized carbons (Fsp3) is 0.238. The van der Waals surface area contributed by atoms with E-state index in [1.165, 1.54) is 5.56 Å². The zero-order valence-corrected chi connectivity index (χ0v) is 14.6. The van der Waals surface area contributed by atoms with Gasteiger partial charge in [0.2, 0.25) is 0 Å². The van der Waals surface area contributed by atoms with Crippen molar-refractivity contribution in [2.24, 2.45) is 0 Å². The fourth-order valence-electron chi connectivity index (χ4n) is 2.60. The van der Waals surface area contributed by atoms with E-state index in [4.69, 9.17) is 4.74 Å². The zero-order chi connectivity index (χ0) is 18.0. The van der Waals surface area contributed by atoms with Crippen LogP contribution in [0.4, 0.5) is 5.69 Å². The third-order valence-electron chi connectivity index (χ3n) is 4.10. The molecular weight excluding hydrogens is 314 g/mol. The Bertz CT molecular complexity index is 842. The maximum absolute atomic E-state index is 12.4. The van der Waals surface area contributed by atoms with E-state index in [1.54, 1.807) is 30.4 Å². The molecule has 0 bridgehead atoms. The molecule has 1 heterocycles. The number of benzene rings is 2. The number of carbonyl (C=O) groups is 2. The van der Waals surface area contributed by atoms with Crippen molar-refractivity contribution < 1.29 is 14.3 Å². The van der Waals surface area contributed by atoms with Gasteiger partial charge in [-0.2, -0.15) is 0 Å². The minimum atomic E-state index is -0.216. The normalized spacial score (nSPS) is 14.0. The van der Waals surface area contributed by atoms with Crippen molar-refractivity contribution >= 4 is 23.5 Å². The molecule has 0 aromatic heterocycles. The number of ether oxygens (including phenoxy) is 1. The first-order chi connectivity index (χ1) is 11.8. The van der Waals surface area contributed by atoms with Gasteiger partial charge in [0.15, 0.2) is 12.4 Å². The Morgan fingerprint density at radius 2 is 1.84 bits per heavy atom. The molecule has 0 atom stereocenters. The summed E-state index contributed by atoms with van der Waals surface area (Å²) in [5.41, 5.74) is 3.36. The monoisotopic (exact) mass is 335 g/mol. The highest BCUT2D eigenvalue weighted by molar-refractivity contribution is 6.08. The van der Waals surface area contributed by atoms with E-state index in [0.717, 1.165) is 5.56 Å². The van der Waals surface area contributed by atoms with Crippen molar-refractivity contribution in [3.63, 3.8) is 0 Å². The number of hydrogen-bond donors (Lipinski definition) is 1. The van der Waals surface area contributed by atoms with E-state index in [2.05, 4.69) is 38.2 Å². The fourth-order valence-corrected chi connectivity index (χ4v) is 2.60. The number of anilines is 1. The summed E-state index contributed by atoms with van der Waals surface area (Å²) in [5.74, 6) is 0.243. The van der Waals surface area contributed by atoms with Crippen LogP contribution in [0.5, 0.6) is 5.75 Å². The number of amides is 1. The maximum atomic E-state index is 12.4. The van der Waals surface area contributed by atoms with Crippen molar-refractivity contribution in [2.75, 3.05) is 11.9 Å². The number of allylic oxidation sites excluding steroid dienone is 1. The van der Waals surface area contributed by atoms with Crippen LogP contribution < -0.4 is 10.1 Å². The van der Waals surface area contributed by atoms with Gasteiger partial charge < -0.3 is 10.1 Å². The zero-order valence-electron chi connectivity index (χ0n) is 14.6. The predicted octanol–water partition coefficient (Wildman–Crippen LogP) is 4.21. The van der Waals surface area contributed by atoms with E-state index in [-0.39, 0.29) is 23.7 Å². The smallest absolute Gasteiger partial charge is 0.262 e. The van der Waals surface area contributed by atoms with Crippen LogP contribution in [-0.4, -0.2) is 18.3 Å². The predicted molar refractivity (Wildman–Crippen MR) is 99.1 cm³/mol. The highest BCUT2D eigenvalue weighted by Gasteiger charge is 2.17. The molecule has 128 valence electrons. The van der Waals surface area contributed by atoms with Crippen LogP contribution >= 0.6 is 0 Å². The Balaban J connectivity index is 1.75. The summed E-state index contributed by atoms with van der Waals surface area (Å²) in [6.45, 7) is 6.50.